The lowest BCUT2D eigenvalue weighted by molar-refractivity contribution is 0.0223. The number of hydrogen-bond acceptors (Lipinski definition) is 5. The van der Waals surface area contributed by atoms with Gasteiger partial charge in [0.1, 0.15) is 18.0 Å². The zero-order chi connectivity index (χ0) is 18.4. The summed E-state index contributed by atoms with van der Waals surface area (Å²) < 4.78 is 11.4. The number of aliphatic hydroxyl groups is 1. The number of likely N-dealkylation sites (N-methyl/N-ethyl adjacent to an activating group) is 1. The molecular formula is C19H30N2O4. The SMILES string of the molecule is CN(CCO)CCOc1cccc2c1CCN(C(=O)OC(C)(C)C)C2. The van der Waals surface area contributed by atoms with Crippen LogP contribution in [0.3, 0.4) is 0 Å². The van der Waals surface area contributed by atoms with Crippen LogP contribution in [0.4, 0.5) is 4.79 Å². The highest BCUT2D eigenvalue weighted by atomic mass is 16.6. The average molecular weight is 350 g/mol. The van der Waals surface area contributed by atoms with E-state index in [1.165, 1.54) is 5.56 Å². The number of rotatable bonds is 6. The van der Waals surface area contributed by atoms with Gasteiger partial charge in [-0.2, -0.15) is 0 Å². The predicted octanol–water partition coefficient (Wildman–Crippen LogP) is 2.28. The Bertz CT molecular complexity index is 583. The van der Waals surface area contributed by atoms with Crippen molar-refractivity contribution in [2.24, 2.45) is 0 Å². The molecule has 1 aliphatic heterocycles. The van der Waals surface area contributed by atoms with Crippen molar-refractivity contribution in [1.29, 1.82) is 0 Å². The molecule has 0 saturated heterocycles. The van der Waals surface area contributed by atoms with Crippen LogP contribution in [0.5, 0.6) is 5.75 Å². The zero-order valence-corrected chi connectivity index (χ0v) is 15.7. The number of aliphatic hydroxyl groups excluding tert-OH is 1. The number of amides is 1. The molecule has 0 saturated carbocycles. The summed E-state index contributed by atoms with van der Waals surface area (Å²) in [6.45, 7) is 8.93. The highest BCUT2D eigenvalue weighted by molar-refractivity contribution is 5.69. The lowest BCUT2D eigenvalue weighted by Crippen LogP contribution is -2.40. The van der Waals surface area contributed by atoms with Gasteiger partial charge in [0.2, 0.25) is 0 Å². The molecule has 1 amide bonds. The predicted molar refractivity (Wildman–Crippen MR) is 96.9 cm³/mol. The first kappa shape index (κ1) is 19.5. The van der Waals surface area contributed by atoms with Crippen LogP contribution in [0, 0.1) is 0 Å². The average Bonchev–Trinajstić information content (AvgIpc) is 2.53. The van der Waals surface area contributed by atoms with E-state index in [-0.39, 0.29) is 12.7 Å². The van der Waals surface area contributed by atoms with Gasteiger partial charge in [-0.15, -0.1) is 0 Å². The van der Waals surface area contributed by atoms with Crippen LogP contribution >= 0.6 is 0 Å². The van der Waals surface area contributed by atoms with E-state index in [1.807, 2.05) is 50.9 Å². The van der Waals surface area contributed by atoms with Crippen molar-refractivity contribution in [1.82, 2.24) is 9.80 Å². The van der Waals surface area contributed by atoms with Gasteiger partial charge in [0.05, 0.1) is 6.61 Å². The van der Waals surface area contributed by atoms with Crippen LogP contribution in [0.2, 0.25) is 0 Å². The van der Waals surface area contributed by atoms with Crippen molar-refractivity contribution < 1.29 is 19.4 Å². The van der Waals surface area contributed by atoms with Crippen LogP contribution in [0.1, 0.15) is 31.9 Å². The number of benzene rings is 1. The second-order valence-corrected chi connectivity index (χ2v) is 7.42. The van der Waals surface area contributed by atoms with Crippen LogP contribution in [-0.4, -0.2) is 66.5 Å². The van der Waals surface area contributed by atoms with E-state index in [4.69, 9.17) is 14.6 Å². The molecule has 1 N–H and O–H groups in total. The van der Waals surface area contributed by atoms with Crippen molar-refractivity contribution in [2.75, 3.05) is 39.9 Å². The Morgan fingerprint density at radius 2 is 2.08 bits per heavy atom. The molecule has 0 aromatic heterocycles. The minimum Gasteiger partial charge on any atom is -0.492 e. The molecule has 0 fully saturated rings. The highest BCUT2D eigenvalue weighted by Crippen LogP contribution is 2.28. The number of hydrogen-bond donors (Lipinski definition) is 1. The van der Waals surface area contributed by atoms with Gasteiger partial charge < -0.3 is 24.4 Å². The number of carbonyl (C=O) groups excluding carboxylic acids is 1. The maximum Gasteiger partial charge on any atom is 0.410 e. The summed E-state index contributed by atoms with van der Waals surface area (Å²) in [5, 5.41) is 8.93. The Morgan fingerprint density at radius 3 is 2.76 bits per heavy atom. The third-order valence-electron chi connectivity index (χ3n) is 4.09. The van der Waals surface area contributed by atoms with Gasteiger partial charge in [-0.1, -0.05) is 12.1 Å². The molecule has 0 atom stereocenters. The molecule has 0 bridgehead atoms. The second kappa shape index (κ2) is 8.54. The van der Waals surface area contributed by atoms with Crippen molar-refractivity contribution in [3.8, 4) is 5.75 Å². The fraction of sp³-hybridized carbons (Fsp3) is 0.632. The summed E-state index contributed by atoms with van der Waals surface area (Å²) in [6.07, 6.45) is 0.493. The number of nitrogens with zero attached hydrogens (tertiary/aromatic N) is 2. The second-order valence-electron chi connectivity index (χ2n) is 7.42. The first-order valence-corrected chi connectivity index (χ1v) is 8.81. The van der Waals surface area contributed by atoms with Gasteiger partial charge >= 0.3 is 6.09 Å². The number of carbonyl (C=O) groups is 1. The van der Waals surface area contributed by atoms with Crippen LogP contribution in [0.25, 0.3) is 0 Å². The van der Waals surface area contributed by atoms with E-state index < -0.39 is 5.60 Å². The fourth-order valence-electron chi connectivity index (χ4n) is 2.79. The van der Waals surface area contributed by atoms with Gasteiger partial charge in [0.25, 0.3) is 0 Å². The molecule has 25 heavy (non-hydrogen) atoms. The van der Waals surface area contributed by atoms with Crippen LogP contribution in [-0.2, 0) is 17.7 Å². The Hall–Kier alpha value is -1.79. The molecule has 6 heteroatoms. The van der Waals surface area contributed by atoms with E-state index >= 15 is 0 Å². The summed E-state index contributed by atoms with van der Waals surface area (Å²) in [7, 11) is 1.96. The quantitative estimate of drug-likeness (QED) is 0.853. The molecule has 1 aliphatic rings. The number of ether oxygens (including phenoxy) is 2. The Balaban J connectivity index is 1.96. The van der Waals surface area contributed by atoms with Crippen molar-refractivity contribution in [2.45, 2.75) is 39.3 Å². The van der Waals surface area contributed by atoms with Crippen LogP contribution in [0.15, 0.2) is 18.2 Å². The fourth-order valence-corrected chi connectivity index (χ4v) is 2.79. The first-order valence-electron chi connectivity index (χ1n) is 8.81. The summed E-state index contributed by atoms with van der Waals surface area (Å²) in [4.78, 5) is 16.0. The van der Waals surface area contributed by atoms with Crippen molar-refractivity contribution >= 4 is 6.09 Å². The summed E-state index contributed by atoms with van der Waals surface area (Å²) in [5.74, 6) is 0.888. The summed E-state index contributed by atoms with van der Waals surface area (Å²) in [6, 6.07) is 5.98. The number of fused-ring (bicyclic) bond motifs is 1. The standard InChI is InChI=1S/C19H30N2O4/c1-19(2,3)25-18(23)21-9-8-16-15(14-21)6-5-7-17(16)24-13-11-20(4)10-12-22/h5-7,22H,8-14H2,1-4H3. The minimum atomic E-state index is -0.483. The van der Waals surface area contributed by atoms with E-state index in [9.17, 15) is 4.79 Å². The molecule has 0 spiro atoms. The van der Waals surface area contributed by atoms with Crippen molar-refractivity contribution in [3.63, 3.8) is 0 Å². The normalized spacial score (nSPS) is 14.4. The topological polar surface area (TPSA) is 62.2 Å². The lowest BCUT2D eigenvalue weighted by atomic mass is 9.99. The van der Waals surface area contributed by atoms with Gasteiger partial charge in [0.15, 0.2) is 0 Å². The zero-order valence-electron chi connectivity index (χ0n) is 15.7. The van der Waals surface area contributed by atoms with Gasteiger partial charge in [-0.3, -0.25) is 0 Å². The smallest absolute Gasteiger partial charge is 0.410 e. The Kier molecular flexibility index (Phi) is 6.67. The summed E-state index contributed by atoms with van der Waals surface area (Å²) >= 11 is 0. The first-order chi connectivity index (χ1) is 11.8. The van der Waals surface area contributed by atoms with Crippen molar-refractivity contribution in [3.05, 3.63) is 29.3 Å². The summed E-state index contributed by atoms with van der Waals surface area (Å²) in [5.41, 5.74) is 1.80. The third kappa shape index (κ3) is 5.90. The molecule has 6 nitrogen and oxygen atoms in total. The molecule has 140 valence electrons. The van der Waals surface area contributed by atoms with Crippen LogP contribution < -0.4 is 4.74 Å². The molecular weight excluding hydrogens is 320 g/mol. The van der Waals surface area contributed by atoms with E-state index in [2.05, 4.69) is 0 Å². The molecule has 0 radical (unpaired) electrons. The lowest BCUT2D eigenvalue weighted by Gasteiger charge is -2.32. The van der Waals surface area contributed by atoms with Gasteiger partial charge in [-0.05, 0) is 45.9 Å². The van der Waals surface area contributed by atoms with Gasteiger partial charge in [-0.25, -0.2) is 4.79 Å². The molecule has 0 unspecified atom stereocenters. The maximum atomic E-state index is 12.3. The third-order valence-corrected chi connectivity index (χ3v) is 4.09. The van der Waals surface area contributed by atoms with Gasteiger partial charge in [0, 0.05) is 31.7 Å². The monoisotopic (exact) mass is 350 g/mol. The Morgan fingerprint density at radius 1 is 1.32 bits per heavy atom. The minimum absolute atomic E-state index is 0.151. The molecule has 1 aromatic rings. The Labute approximate surface area is 150 Å². The molecule has 1 aromatic carbocycles. The largest absolute Gasteiger partial charge is 0.492 e. The van der Waals surface area contributed by atoms with E-state index in [0.29, 0.717) is 26.2 Å². The molecule has 2 rings (SSSR count). The molecule has 1 heterocycles. The van der Waals surface area contributed by atoms with E-state index in [0.717, 1.165) is 24.3 Å². The maximum absolute atomic E-state index is 12.3. The molecule has 0 aliphatic carbocycles. The van der Waals surface area contributed by atoms with E-state index in [1.54, 1.807) is 4.90 Å². The highest BCUT2D eigenvalue weighted by Gasteiger charge is 2.26.